The Morgan fingerprint density at radius 1 is 1.45 bits per heavy atom. The Hall–Kier alpha value is -1.69. The van der Waals surface area contributed by atoms with Crippen LogP contribution in [0.5, 0.6) is 0 Å². The lowest BCUT2D eigenvalue weighted by molar-refractivity contribution is -0.134. The van der Waals surface area contributed by atoms with Gasteiger partial charge in [-0.1, -0.05) is 0 Å². The molecule has 5 nitrogen and oxygen atoms in total. The largest absolute Gasteiger partial charge is 0.340 e. The van der Waals surface area contributed by atoms with E-state index in [0.29, 0.717) is 0 Å². The van der Waals surface area contributed by atoms with Crippen LogP contribution in [0.15, 0.2) is 16.8 Å². The number of hydrogen-bond donors (Lipinski definition) is 0. The zero-order chi connectivity index (χ0) is 15.7. The van der Waals surface area contributed by atoms with E-state index in [-0.39, 0.29) is 17.9 Å². The number of carbonyl (C=O) groups is 1. The number of carbonyl (C=O) groups excluding carboxylic acids is 1. The average Bonchev–Trinajstić information content (AvgIpc) is 3.15. The zero-order valence-electron chi connectivity index (χ0n) is 13.3. The Balaban J connectivity index is 1.73. The van der Waals surface area contributed by atoms with E-state index in [0.717, 1.165) is 43.1 Å². The maximum absolute atomic E-state index is 12.7. The van der Waals surface area contributed by atoms with E-state index in [1.54, 1.807) is 11.3 Å². The van der Waals surface area contributed by atoms with Gasteiger partial charge in [0.15, 0.2) is 0 Å². The number of likely N-dealkylation sites (tertiary alicyclic amines) is 1. The molecule has 2 atom stereocenters. The van der Waals surface area contributed by atoms with Crippen LogP contribution in [0.25, 0.3) is 0 Å². The SMILES string of the molecule is Cc1nc(C)n([C@@H]2CCCN(C(=O)[C@H](C)c3ccsc3)C2)n1. The molecule has 1 aliphatic heterocycles. The summed E-state index contributed by atoms with van der Waals surface area (Å²) in [5.74, 6) is 1.89. The Morgan fingerprint density at radius 2 is 2.27 bits per heavy atom. The minimum absolute atomic E-state index is 0.0661. The Labute approximate surface area is 135 Å². The molecule has 0 radical (unpaired) electrons. The van der Waals surface area contributed by atoms with E-state index >= 15 is 0 Å². The number of aromatic nitrogens is 3. The molecule has 0 aromatic carbocycles. The number of nitrogens with zero attached hydrogens (tertiary/aromatic N) is 4. The summed E-state index contributed by atoms with van der Waals surface area (Å²) in [7, 11) is 0. The first-order valence-corrected chi connectivity index (χ1v) is 8.71. The summed E-state index contributed by atoms with van der Waals surface area (Å²) in [6.45, 7) is 7.47. The summed E-state index contributed by atoms with van der Waals surface area (Å²) in [4.78, 5) is 19.1. The second-order valence-corrected chi connectivity index (χ2v) is 6.79. The molecule has 0 unspecified atom stereocenters. The summed E-state index contributed by atoms with van der Waals surface area (Å²) < 4.78 is 1.99. The molecule has 2 aromatic heterocycles. The van der Waals surface area contributed by atoms with Gasteiger partial charge in [-0.05, 0) is 56.0 Å². The first kappa shape index (κ1) is 15.2. The first-order chi connectivity index (χ1) is 10.6. The predicted molar refractivity (Wildman–Crippen MR) is 87.1 cm³/mol. The number of aryl methyl sites for hydroxylation is 2. The van der Waals surface area contributed by atoms with Gasteiger partial charge in [0, 0.05) is 13.1 Å². The van der Waals surface area contributed by atoms with E-state index in [1.807, 2.05) is 41.8 Å². The van der Waals surface area contributed by atoms with Gasteiger partial charge < -0.3 is 4.90 Å². The lowest BCUT2D eigenvalue weighted by Crippen LogP contribution is -2.42. The van der Waals surface area contributed by atoms with Crippen molar-refractivity contribution in [3.05, 3.63) is 34.0 Å². The molecular weight excluding hydrogens is 296 g/mol. The first-order valence-electron chi connectivity index (χ1n) is 7.77. The molecule has 1 saturated heterocycles. The molecule has 3 heterocycles. The molecule has 1 amide bonds. The van der Waals surface area contributed by atoms with Crippen molar-refractivity contribution in [1.82, 2.24) is 19.7 Å². The highest BCUT2D eigenvalue weighted by Gasteiger charge is 2.29. The second kappa shape index (κ2) is 6.20. The van der Waals surface area contributed by atoms with Crippen molar-refractivity contribution in [2.45, 2.75) is 45.6 Å². The van der Waals surface area contributed by atoms with Gasteiger partial charge in [0.05, 0.1) is 12.0 Å². The highest BCUT2D eigenvalue weighted by molar-refractivity contribution is 7.08. The average molecular weight is 318 g/mol. The fourth-order valence-corrected chi connectivity index (χ4v) is 3.93. The van der Waals surface area contributed by atoms with Crippen LogP contribution in [-0.4, -0.2) is 38.7 Å². The molecular formula is C16H22N4OS. The fraction of sp³-hybridized carbons (Fsp3) is 0.562. The van der Waals surface area contributed by atoms with Crippen molar-refractivity contribution in [3.63, 3.8) is 0 Å². The maximum atomic E-state index is 12.7. The minimum atomic E-state index is -0.0661. The molecule has 0 aliphatic carbocycles. The quantitative estimate of drug-likeness (QED) is 0.874. The van der Waals surface area contributed by atoms with Crippen molar-refractivity contribution >= 4 is 17.2 Å². The highest BCUT2D eigenvalue weighted by Crippen LogP contribution is 2.26. The van der Waals surface area contributed by atoms with Crippen LogP contribution in [0.1, 0.15) is 48.9 Å². The van der Waals surface area contributed by atoms with Crippen LogP contribution >= 0.6 is 11.3 Å². The Bertz CT molecular complexity index is 649. The normalized spacial score (nSPS) is 20.1. The lowest BCUT2D eigenvalue weighted by atomic mass is 9.99. The van der Waals surface area contributed by atoms with Gasteiger partial charge in [-0.3, -0.25) is 4.79 Å². The molecule has 1 fully saturated rings. The highest BCUT2D eigenvalue weighted by atomic mass is 32.1. The smallest absolute Gasteiger partial charge is 0.229 e. The maximum Gasteiger partial charge on any atom is 0.229 e. The number of piperidine rings is 1. The Morgan fingerprint density at radius 3 is 2.91 bits per heavy atom. The van der Waals surface area contributed by atoms with Gasteiger partial charge in [0.25, 0.3) is 0 Å². The van der Waals surface area contributed by atoms with Gasteiger partial charge in [-0.2, -0.15) is 16.4 Å². The van der Waals surface area contributed by atoms with Crippen LogP contribution < -0.4 is 0 Å². The number of rotatable bonds is 3. The standard InChI is InChI=1S/C16H22N4OS/c1-11(14-6-8-22-10-14)16(21)19-7-4-5-15(9-19)20-13(3)17-12(2)18-20/h6,8,10-11,15H,4-5,7,9H2,1-3H3/t11-,15-/m1/s1. The number of thiophene rings is 1. The number of amides is 1. The summed E-state index contributed by atoms with van der Waals surface area (Å²) in [5.41, 5.74) is 1.12. The van der Waals surface area contributed by atoms with E-state index in [4.69, 9.17) is 0 Å². The van der Waals surface area contributed by atoms with E-state index in [9.17, 15) is 4.79 Å². The van der Waals surface area contributed by atoms with Crippen LogP contribution in [0.2, 0.25) is 0 Å². The van der Waals surface area contributed by atoms with Crippen LogP contribution in [-0.2, 0) is 4.79 Å². The van der Waals surface area contributed by atoms with Crippen molar-refractivity contribution in [3.8, 4) is 0 Å². The van der Waals surface area contributed by atoms with Gasteiger partial charge in [0.2, 0.25) is 5.91 Å². The van der Waals surface area contributed by atoms with E-state index in [2.05, 4.69) is 15.5 Å². The summed E-state index contributed by atoms with van der Waals surface area (Å²) in [6.07, 6.45) is 2.07. The van der Waals surface area contributed by atoms with Crippen molar-refractivity contribution in [1.29, 1.82) is 0 Å². The van der Waals surface area contributed by atoms with E-state index in [1.165, 1.54) is 0 Å². The second-order valence-electron chi connectivity index (χ2n) is 6.01. The van der Waals surface area contributed by atoms with Crippen LogP contribution in [0, 0.1) is 13.8 Å². The molecule has 0 bridgehead atoms. The summed E-state index contributed by atoms with van der Waals surface area (Å²) in [6, 6.07) is 2.29. The molecule has 0 spiro atoms. The molecule has 0 saturated carbocycles. The van der Waals surface area contributed by atoms with Gasteiger partial charge in [-0.15, -0.1) is 0 Å². The molecule has 3 rings (SSSR count). The zero-order valence-corrected chi connectivity index (χ0v) is 14.1. The van der Waals surface area contributed by atoms with Gasteiger partial charge in [-0.25, -0.2) is 9.67 Å². The predicted octanol–water partition coefficient (Wildman–Crippen LogP) is 2.92. The topological polar surface area (TPSA) is 51.0 Å². The lowest BCUT2D eigenvalue weighted by Gasteiger charge is -2.34. The summed E-state index contributed by atoms with van der Waals surface area (Å²) in [5, 5.41) is 8.58. The molecule has 118 valence electrons. The minimum Gasteiger partial charge on any atom is -0.340 e. The third kappa shape index (κ3) is 2.92. The van der Waals surface area contributed by atoms with Crippen molar-refractivity contribution in [2.75, 3.05) is 13.1 Å². The molecule has 1 aliphatic rings. The number of hydrogen-bond acceptors (Lipinski definition) is 4. The molecule has 6 heteroatoms. The monoisotopic (exact) mass is 318 g/mol. The summed E-state index contributed by atoms with van der Waals surface area (Å²) >= 11 is 1.64. The van der Waals surface area contributed by atoms with Crippen LogP contribution in [0.3, 0.4) is 0 Å². The van der Waals surface area contributed by atoms with Crippen molar-refractivity contribution in [2.24, 2.45) is 0 Å². The molecule has 0 N–H and O–H groups in total. The molecule has 2 aromatic rings. The Kier molecular flexibility index (Phi) is 4.29. The third-order valence-electron chi connectivity index (χ3n) is 4.38. The van der Waals surface area contributed by atoms with Gasteiger partial charge >= 0.3 is 0 Å². The van der Waals surface area contributed by atoms with E-state index < -0.39 is 0 Å². The van der Waals surface area contributed by atoms with Crippen LogP contribution in [0.4, 0.5) is 0 Å². The van der Waals surface area contributed by atoms with Gasteiger partial charge in [0.1, 0.15) is 11.6 Å². The van der Waals surface area contributed by atoms with Crippen molar-refractivity contribution < 1.29 is 4.79 Å². The fourth-order valence-electron chi connectivity index (χ4n) is 3.17. The third-order valence-corrected chi connectivity index (χ3v) is 5.08. The molecule has 22 heavy (non-hydrogen) atoms.